The van der Waals surface area contributed by atoms with Crippen LogP contribution in [-0.4, -0.2) is 45.0 Å². The van der Waals surface area contributed by atoms with E-state index in [4.69, 9.17) is 0 Å². The van der Waals surface area contributed by atoms with Gasteiger partial charge in [-0.1, -0.05) is 25.1 Å². The number of benzene rings is 2. The standard InChI is InChI=1S/C20H25N3O4S/c1-4-11-28(26,27)22-18-10-6-8-16(13-18)19(24)21-14-15-7-5-9-17(12-15)20(25)23(2)3/h5-10,12-13,22H,4,11,14H2,1-3H3,(H,21,24). The average Bonchev–Trinajstić information content (AvgIpc) is 2.65. The van der Waals surface area contributed by atoms with Crippen molar-refractivity contribution in [3.05, 3.63) is 65.2 Å². The Morgan fingerprint density at radius 2 is 1.68 bits per heavy atom. The fourth-order valence-corrected chi connectivity index (χ4v) is 3.71. The molecule has 7 nitrogen and oxygen atoms in total. The molecule has 28 heavy (non-hydrogen) atoms. The van der Waals surface area contributed by atoms with Crippen LogP contribution in [0.4, 0.5) is 5.69 Å². The highest BCUT2D eigenvalue weighted by Crippen LogP contribution is 2.13. The zero-order chi connectivity index (χ0) is 20.7. The molecule has 2 aromatic carbocycles. The van der Waals surface area contributed by atoms with Crippen molar-refractivity contribution < 1.29 is 18.0 Å². The Morgan fingerprint density at radius 3 is 2.36 bits per heavy atom. The smallest absolute Gasteiger partial charge is 0.253 e. The van der Waals surface area contributed by atoms with Crippen molar-refractivity contribution >= 4 is 27.5 Å². The van der Waals surface area contributed by atoms with Gasteiger partial charge in [-0.25, -0.2) is 8.42 Å². The van der Waals surface area contributed by atoms with Gasteiger partial charge in [-0.15, -0.1) is 0 Å². The van der Waals surface area contributed by atoms with E-state index >= 15 is 0 Å². The average molecular weight is 404 g/mol. The van der Waals surface area contributed by atoms with E-state index < -0.39 is 10.0 Å². The summed E-state index contributed by atoms with van der Waals surface area (Å²) in [6.45, 7) is 2.03. The van der Waals surface area contributed by atoms with Gasteiger partial charge in [0.1, 0.15) is 0 Å². The second-order valence-corrected chi connectivity index (χ2v) is 8.43. The summed E-state index contributed by atoms with van der Waals surface area (Å²) in [5, 5.41) is 2.78. The summed E-state index contributed by atoms with van der Waals surface area (Å²) >= 11 is 0. The minimum atomic E-state index is -3.42. The fraction of sp³-hybridized carbons (Fsp3) is 0.300. The van der Waals surface area contributed by atoms with E-state index in [2.05, 4.69) is 10.0 Å². The molecule has 0 fully saturated rings. The van der Waals surface area contributed by atoms with Crippen LogP contribution < -0.4 is 10.0 Å². The third kappa shape index (κ3) is 6.09. The van der Waals surface area contributed by atoms with Gasteiger partial charge >= 0.3 is 0 Å². The Kier molecular flexibility index (Phi) is 7.17. The zero-order valence-corrected chi connectivity index (χ0v) is 17.0. The lowest BCUT2D eigenvalue weighted by atomic mass is 10.1. The minimum absolute atomic E-state index is 0.0193. The van der Waals surface area contributed by atoms with Crippen LogP contribution in [0.2, 0.25) is 0 Å². The van der Waals surface area contributed by atoms with Crippen LogP contribution in [0.1, 0.15) is 39.6 Å². The highest BCUT2D eigenvalue weighted by atomic mass is 32.2. The second-order valence-electron chi connectivity index (χ2n) is 6.58. The maximum atomic E-state index is 12.4. The lowest BCUT2D eigenvalue weighted by molar-refractivity contribution is 0.0827. The summed E-state index contributed by atoms with van der Waals surface area (Å²) in [6.07, 6.45) is 0.505. The molecule has 0 saturated carbocycles. The van der Waals surface area contributed by atoms with Crippen LogP contribution in [0.3, 0.4) is 0 Å². The Balaban J connectivity index is 2.05. The molecule has 8 heteroatoms. The lowest BCUT2D eigenvalue weighted by Gasteiger charge is -2.12. The highest BCUT2D eigenvalue weighted by molar-refractivity contribution is 7.92. The quantitative estimate of drug-likeness (QED) is 0.708. The van der Waals surface area contributed by atoms with Crippen molar-refractivity contribution in [2.45, 2.75) is 19.9 Å². The number of anilines is 1. The molecule has 0 heterocycles. The lowest BCUT2D eigenvalue weighted by Crippen LogP contribution is -2.24. The van der Waals surface area contributed by atoms with Gasteiger partial charge < -0.3 is 10.2 Å². The van der Waals surface area contributed by atoms with E-state index in [1.165, 1.54) is 11.0 Å². The molecular weight excluding hydrogens is 378 g/mol. The third-order valence-corrected chi connectivity index (χ3v) is 5.40. The number of nitrogens with zero attached hydrogens (tertiary/aromatic N) is 1. The molecule has 0 atom stereocenters. The molecule has 0 saturated heterocycles. The molecule has 0 radical (unpaired) electrons. The monoisotopic (exact) mass is 403 g/mol. The predicted octanol–water partition coefficient (Wildman–Crippen LogP) is 2.47. The molecule has 0 aliphatic rings. The van der Waals surface area contributed by atoms with E-state index in [0.29, 0.717) is 23.2 Å². The molecular formula is C20H25N3O4S. The van der Waals surface area contributed by atoms with Crippen LogP contribution in [-0.2, 0) is 16.6 Å². The van der Waals surface area contributed by atoms with E-state index in [9.17, 15) is 18.0 Å². The first-order chi connectivity index (χ1) is 13.2. The first-order valence-corrected chi connectivity index (χ1v) is 10.6. The van der Waals surface area contributed by atoms with Gasteiger partial charge in [-0.3, -0.25) is 14.3 Å². The van der Waals surface area contributed by atoms with E-state index in [0.717, 1.165) is 5.56 Å². The Hall–Kier alpha value is -2.87. The first kappa shape index (κ1) is 21.4. The molecule has 0 aliphatic carbocycles. The fourth-order valence-electron chi connectivity index (χ4n) is 2.58. The molecule has 2 rings (SSSR count). The highest BCUT2D eigenvalue weighted by Gasteiger charge is 2.12. The summed E-state index contributed by atoms with van der Waals surface area (Å²) in [5.41, 5.74) is 2.03. The third-order valence-electron chi connectivity index (χ3n) is 3.90. The van der Waals surface area contributed by atoms with Crippen LogP contribution in [0.5, 0.6) is 0 Å². The molecule has 0 unspecified atom stereocenters. The van der Waals surface area contributed by atoms with Gasteiger partial charge in [0.25, 0.3) is 11.8 Å². The largest absolute Gasteiger partial charge is 0.348 e. The molecule has 0 spiro atoms. The molecule has 2 N–H and O–H groups in total. The summed E-state index contributed by atoms with van der Waals surface area (Å²) in [6, 6.07) is 13.4. The maximum absolute atomic E-state index is 12.4. The van der Waals surface area contributed by atoms with Crippen molar-refractivity contribution in [2.24, 2.45) is 0 Å². The number of carbonyl (C=O) groups is 2. The summed E-state index contributed by atoms with van der Waals surface area (Å²) < 4.78 is 26.2. The van der Waals surface area contributed by atoms with Crippen LogP contribution >= 0.6 is 0 Å². The number of hydrogen-bond donors (Lipinski definition) is 2. The van der Waals surface area contributed by atoms with Gasteiger partial charge in [-0.05, 0) is 42.3 Å². The molecule has 0 aliphatic heterocycles. The van der Waals surface area contributed by atoms with Crippen LogP contribution in [0.25, 0.3) is 0 Å². The van der Waals surface area contributed by atoms with Gasteiger partial charge in [-0.2, -0.15) is 0 Å². The van der Waals surface area contributed by atoms with Crippen LogP contribution in [0.15, 0.2) is 48.5 Å². The minimum Gasteiger partial charge on any atom is -0.348 e. The number of sulfonamides is 1. The van der Waals surface area contributed by atoms with E-state index in [-0.39, 0.29) is 24.1 Å². The van der Waals surface area contributed by atoms with Crippen molar-refractivity contribution in [3.63, 3.8) is 0 Å². The molecule has 0 bridgehead atoms. The first-order valence-electron chi connectivity index (χ1n) is 8.91. The Labute approximate surface area is 165 Å². The second kappa shape index (κ2) is 9.36. The SMILES string of the molecule is CCCS(=O)(=O)Nc1cccc(C(=O)NCc2cccc(C(=O)N(C)C)c2)c1. The Morgan fingerprint density at radius 1 is 1.00 bits per heavy atom. The van der Waals surface area contributed by atoms with E-state index in [1.807, 2.05) is 6.07 Å². The predicted molar refractivity (Wildman–Crippen MR) is 110 cm³/mol. The van der Waals surface area contributed by atoms with Gasteiger partial charge in [0, 0.05) is 37.5 Å². The number of carbonyl (C=O) groups excluding carboxylic acids is 2. The number of rotatable bonds is 8. The van der Waals surface area contributed by atoms with Crippen molar-refractivity contribution in [2.75, 3.05) is 24.6 Å². The Bertz CT molecular complexity index is 955. The summed E-state index contributed by atoms with van der Waals surface area (Å²) in [5.74, 6) is -0.424. The molecule has 0 aromatic heterocycles. The maximum Gasteiger partial charge on any atom is 0.253 e. The normalized spacial score (nSPS) is 11.0. The number of nitrogens with one attached hydrogen (secondary N) is 2. The molecule has 150 valence electrons. The summed E-state index contributed by atoms with van der Waals surface area (Å²) in [4.78, 5) is 26.0. The summed E-state index contributed by atoms with van der Waals surface area (Å²) in [7, 11) is -0.0619. The van der Waals surface area contributed by atoms with Gasteiger partial charge in [0.05, 0.1) is 5.75 Å². The van der Waals surface area contributed by atoms with E-state index in [1.54, 1.807) is 57.4 Å². The molecule has 2 amide bonds. The van der Waals surface area contributed by atoms with Crippen molar-refractivity contribution in [1.29, 1.82) is 0 Å². The van der Waals surface area contributed by atoms with Gasteiger partial charge in [0.15, 0.2) is 0 Å². The number of amides is 2. The van der Waals surface area contributed by atoms with Crippen molar-refractivity contribution in [1.82, 2.24) is 10.2 Å². The molecule has 2 aromatic rings. The van der Waals surface area contributed by atoms with Crippen molar-refractivity contribution in [3.8, 4) is 0 Å². The zero-order valence-electron chi connectivity index (χ0n) is 16.2. The van der Waals surface area contributed by atoms with Gasteiger partial charge in [0.2, 0.25) is 10.0 Å². The topological polar surface area (TPSA) is 95.6 Å². The van der Waals surface area contributed by atoms with Crippen LogP contribution in [0, 0.1) is 0 Å². The number of hydrogen-bond acceptors (Lipinski definition) is 4.